The first-order valence-electron chi connectivity index (χ1n) is 8.79. The van der Waals surface area contributed by atoms with E-state index in [1.807, 2.05) is 38.1 Å². The zero-order valence-corrected chi connectivity index (χ0v) is 15.3. The number of benzene rings is 1. The summed E-state index contributed by atoms with van der Waals surface area (Å²) < 4.78 is 12.7. The van der Waals surface area contributed by atoms with Crippen molar-refractivity contribution >= 4 is 5.91 Å². The smallest absolute Gasteiger partial charge is 0.287 e. The van der Waals surface area contributed by atoms with Gasteiger partial charge in [0.05, 0.1) is 12.6 Å². The molecule has 27 heavy (non-hydrogen) atoms. The van der Waals surface area contributed by atoms with Crippen LogP contribution in [-0.2, 0) is 13.1 Å². The second-order valence-electron chi connectivity index (χ2n) is 6.43. The number of ether oxygens (including phenoxy) is 1. The van der Waals surface area contributed by atoms with Crippen molar-refractivity contribution in [3.05, 3.63) is 88.2 Å². The van der Waals surface area contributed by atoms with Crippen LogP contribution in [0.3, 0.4) is 0 Å². The Morgan fingerprint density at radius 1 is 1.11 bits per heavy atom. The highest BCUT2D eigenvalue weighted by molar-refractivity contribution is 5.91. The van der Waals surface area contributed by atoms with E-state index in [0.717, 1.165) is 11.3 Å². The fraction of sp³-hybridized carbons (Fsp3) is 0.238. The van der Waals surface area contributed by atoms with Crippen molar-refractivity contribution in [3.8, 4) is 5.75 Å². The lowest BCUT2D eigenvalue weighted by Gasteiger charge is -2.10. The summed E-state index contributed by atoms with van der Waals surface area (Å²) in [6, 6.07) is 15.8. The summed E-state index contributed by atoms with van der Waals surface area (Å²) in [6.45, 7) is 4.61. The Bertz CT molecular complexity index is 955. The van der Waals surface area contributed by atoms with Crippen molar-refractivity contribution in [2.45, 2.75) is 33.0 Å². The first-order valence-corrected chi connectivity index (χ1v) is 8.79. The van der Waals surface area contributed by atoms with Gasteiger partial charge in [0.2, 0.25) is 0 Å². The number of furan rings is 1. The maximum absolute atomic E-state index is 12.3. The third-order valence-electron chi connectivity index (χ3n) is 3.86. The van der Waals surface area contributed by atoms with Gasteiger partial charge < -0.3 is 19.0 Å². The zero-order chi connectivity index (χ0) is 19.2. The van der Waals surface area contributed by atoms with E-state index in [9.17, 15) is 9.59 Å². The fourth-order valence-electron chi connectivity index (χ4n) is 2.57. The Balaban J connectivity index is 1.56. The molecule has 0 aliphatic heterocycles. The van der Waals surface area contributed by atoms with Gasteiger partial charge >= 0.3 is 0 Å². The second-order valence-corrected chi connectivity index (χ2v) is 6.43. The van der Waals surface area contributed by atoms with Crippen molar-refractivity contribution < 1.29 is 13.9 Å². The van der Waals surface area contributed by atoms with Gasteiger partial charge in [0.1, 0.15) is 11.5 Å². The number of hydrogen-bond acceptors (Lipinski definition) is 4. The summed E-state index contributed by atoms with van der Waals surface area (Å²) in [6.07, 6.45) is 1.80. The standard InChI is InChI=1S/C21H22N2O4/c1-15(2)26-17-8-6-16(7-9-17)13-22-21(25)19-11-10-18(27-19)14-23-12-4-3-5-20(23)24/h3-12,15H,13-14H2,1-2H3,(H,22,25). The van der Waals surface area contributed by atoms with Crippen molar-refractivity contribution in [3.63, 3.8) is 0 Å². The molecule has 140 valence electrons. The van der Waals surface area contributed by atoms with Crippen LogP contribution >= 0.6 is 0 Å². The topological polar surface area (TPSA) is 73.5 Å². The van der Waals surface area contributed by atoms with Crippen LogP contribution in [-0.4, -0.2) is 16.6 Å². The summed E-state index contributed by atoms with van der Waals surface area (Å²) in [5.74, 6) is 1.26. The number of amides is 1. The molecule has 0 radical (unpaired) electrons. The van der Waals surface area contributed by atoms with Gasteiger partial charge in [-0.05, 0) is 49.7 Å². The predicted octanol–water partition coefficient (Wildman–Crippen LogP) is 3.21. The van der Waals surface area contributed by atoms with Crippen LogP contribution in [0.4, 0.5) is 0 Å². The highest BCUT2D eigenvalue weighted by Crippen LogP contribution is 2.14. The molecule has 1 amide bonds. The van der Waals surface area contributed by atoms with Gasteiger partial charge in [-0.1, -0.05) is 18.2 Å². The van der Waals surface area contributed by atoms with Gasteiger partial charge in [0, 0.05) is 18.8 Å². The number of pyridine rings is 1. The Kier molecular flexibility index (Phi) is 5.76. The molecular formula is C21H22N2O4. The lowest BCUT2D eigenvalue weighted by molar-refractivity contribution is 0.0921. The Morgan fingerprint density at radius 3 is 2.59 bits per heavy atom. The molecule has 0 fully saturated rings. The van der Waals surface area contributed by atoms with E-state index in [4.69, 9.17) is 9.15 Å². The molecule has 0 spiro atoms. The van der Waals surface area contributed by atoms with Crippen LogP contribution in [0.25, 0.3) is 0 Å². The van der Waals surface area contributed by atoms with E-state index in [2.05, 4.69) is 5.32 Å². The highest BCUT2D eigenvalue weighted by atomic mass is 16.5. The molecule has 0 bridgehead atoms. The minimum atomic E-state index is -0.302. The summed E-state index contributed by atoms with van der Waals surface area (Å²) in [4.78, 5) is 24.0. The molecule has 0 aliphatic rings. The van der Waals surface area contributed by atoms with Gasteiger partial charge in [-0.3, -0.25) is 9.59 Å². The monoisotopic (exact) mass is 366 g/mol. The minimum absolute atomic E-state index is 0.121. The molecule has 0 saturated carbocycles. The molecule has 3 aromatic rings. The molecule has 1 N–H and O–H groups in total. The van der Waals surface area contributed by atoms with Gasteiger partial charge in [-0.15, -0.1) is 0 Å². The minimum Gasteiger partial charge on any atom is -0.491 e. The van der Waals surface area contributed by atoms with E-state index in [1.165, 1.54) is 10.6 Å². The highest BCUT2D eigenvalue weighted by Gasteiger charge is 2.11. The number of nitrogens with zero attached hydrogens (tertiary/aromatic N) is 1. The van der Waals surface area contributed by atoms with Crippen molar-refractivity contribution in [2.24, 2.45) is 0 Å². The van der Waals surface area contributed by atoms with E-state index in [1.54, 1.807) is 30.5 Å². The average molecular weight is 366 g/mol. The Hall–Kier alpha value is -3.28. The van der Waals surface area contributed by atoms with E-state index >= 15 is 0 Å². The second kappa shape index (κ2) is 8.40. The first-order chi connectivity index (χ1) is 13.0. The van der Waals surface area contributed by atoms with Gasteiger partial charge in [-0.2, -0.15) is 0 Å². The fourth-order valence-corrected chi connectivity index (χ4v) is 2.57. The van der Waals surface area contributed by atoms with Crippen molar-refractivity contribution in [1.29, 1.82) is 0 Å². The largest absolute Gasteiger partial charge is 0.491 e. The van der Waals surface area contributed by atoms with Crippen LogP contribution in [0, 0.1) is 0 Å². The number of aromatic nitrogens is 1. The lowest BCUT2D eigenvalue weighted by Crippen LogP contribution is -2.22. The lowest BCUT2D eigenvalue weighted by atomic mass is 10.2. The molecule has 6 nitrogen and oxygen atoms in total. The number of nitrogens with one attached hydrogen (secondary N) is 1. The van der Waals surface area contributed by atoms with Crippen molar-refractivity contribution in [2.75, 3.05) is 0 Å². The molecule has 6 heteroatoms. The van der Waals surface area contributed by atoms with E-state index in [-0.39, 0.29) is 29.9 Å². The van der Waals surface area contributed by atoms with Gasteiger partial charge in [0.25, 0.3) is 11.5 Å². The number of hydrogen-bond donors (Lipinski definition) is 1. The number of rotatable bonds is 7. The molecule has 0 aliphatic carbocycles. The molecule has 3 rings (SSSR count). The zero-order valence-electron chi connectivity index (χ0n) is 15.3. The van der Waals surface area contributed by atoms with Crippen LogP contribution in [0.2, 0.25) is 0 Å². The summed E-state index contributed by atoms with van der Waals surface area (Å²) >= 11 is 0. The van der Waals surface area contributed by atoms with Crippen LogP contribution in [0.1, 0.15) is 35.7 Å². The van der Waals surface area contributed by atoms with Crippen LogP contribution in [0.5, 0.6) is 5.75 Å². The molecule has 0 saturated heterocycles. The molecule has 0 unspecified atom stereocenters. The molecule has 0 atom stereocenters. The normalized spacial score (nSPS) is 10.8. The molecule has 2 heterocycles. The summed E-state index contributed by atoms with van der Waals surface area (Å²) in [5, 5.41) is 2.82. The van der Waals surface area contributed by atoms with Crippen LogP contribution < -0.4 is 15.6 Å². The maximum Gasteiger partial charge on any atom is 0.287 e. The predicted molar refractivity (Wildman–Crippen MR) is 102 cm³/mol. The summed E-state index contributed by atoms with van der Waals surface area (Å²) in [5.41, 5.74) is 0.840. The molecule has 1 aromatic carbocycles. The van der Waals surface area contributed by atoms with Gasteiger partial charge in [-0.25, -0.2) is 0 Å². The number of carbonyl (C=O) groups is 1. The Labute approximate surface area is 157 Å². The summed E-state index contributed by atoms with van der Waals surface area (Å²) in [7, 11) is 0. The first kappa shape index (κ1) is 18.5. The third kappa shape index (κ3) is 5.10. The third-order valence-corrected chi connectivity index (χ3v) is 3.86. The Morgan fingerprint density at radius 2 is 1.89 bits per heavy atom. The van der Waals surface area contributed by atoms with Gasteiger partial charge in [0.15, 0.2) is 5.76 Å². The SMILES string of the molecule is CC(C)Oc1ccc(CNC(=O)c2ccc(Cn3ccccc3=O)o2)cc1. The van der Waals surface area contributed by atoms with E-state index in [0.29, 0.717) is 12.3 Å². The number of carbonyl (C=O) groups excluding carboxylic acids is 1. The molecular weight excluding hydrogens is 344 g/mol. The molecule has 2 aromatic heterocycles. The quantitative estimate of drug-likeness (QED) is 0.697. The average Bonchev–Trinajstić information content (AvgIpc) is 3.11. The van der Waals surface area contributed by atoms with Crippen molar-refractivity contribution in [1.82, 2.24) is 9.88 Å². The van der Waals surface area contributed by atoms with E-state index < -0.39 is 0 Å². The maximum atomic E-state index is 12.3. The van der Waals surface area contributed by atoms with Crippen LogP contribution in [0.15, 0.2) is 70.0 Å².